The third-order valence-electron chi connectivity index (χ3n) is 2.22. The van der Waals surface area contributed by atoms with Crippen LogP contribution in [0.4, 0.5) is 11.4 Å². The van der Waals surface area contributed by atoms with Gasteiger partial charge in [-0.2, -0.15) is 0 Å². The lowest BCUT2D eigenvalue weighted by molar-refractivity contribution is -0.383. The third kappa shape index (κ3) is 2.80. The number of nitrogen functional groups attached to an aromatic ring is 1. The van der Waals surface area contributed by atoms with E-state index in [-0.39, 0.29) is 11.4 Å². The molecule has 1 rings (SSSR count). The van der Waals surface area contributed by atoms with Crippen LogP contribution in [0.1, 0.15) is 11.1 Å². The molecule has 0 amide bonds. The number of benzene rings is 1. The molecule has 0 unspecified atom stereocenters. The van der Waals surface area contributed by atoms with Crippen molar-refractivity contribution < 1.29 is 4.92 Å². The van der Waals surface area contributed by atoms with Crippen molar-refractivity contribution >= 4 is 17.5 Å². The summed E-state index contributed by atoms with van der Waals surface area (Å²) in [5, 5.41) is 13.7. The molecule has 1 aromatic rings. The van der Waals surface area contributed by atoms with E-state index in [1.54, 1.807) is 6.92 Å². The first-order valence-electron chi connectivity index (χ1n) is 4.92. The Bertz CT molecular complexity index is 427. The second-order valence-corrected chi connectivity index (χ2v) is 3.49. The van der Waals surface area contributed by atoms with Gasteiger partial charge in [-0.05, 0) is 31.2 Å². The molecule has 16 heavy (non-hydrogen) atoms. The summed E-state index contributed by atoms with van der Waals surface area (Å²) in [6.45, 7) is 2.48. The number of aryl methyl sites for hydroxylation is 1. The van der Waals surface area contributed by atoms with Crippen LogP contribution >= 0.6 is 0 Å². The van der Waals surface area contributed by atoms with E-state index < -0.39 is 4.92 Å². The van der Waals surface area contributed by atoms with Gasteiger partial charge in [0.15, 0.2) is 0 Å². The Morgan fingerprint density at radius 1 is 1.56 bits per heavy atom. The van der Waals surface area contributed by atoms with Gasteiger partial charge in [0.25, 0.3) is 5.69 Å². The van der Waals surface area contributed by atoms with Crippen molar-refractivity contribution in [3.8, 4) is 0 Å². The SMILES string of the molecule is CNCC=Cc1cc(C)c(N)c([N+](=O)[O-])c1. The maximum absolute atomic E-state index is 10.7. The molecule has 0 aromatic heterocycles. The number of hydrogen-bond donors (Lipinski definition) is 2. The molecule has 0 aliphatic rings. The molecule has 0 atom stereocenters. The molecule has 86 valence electrons. The molecule has 0 aliphatic heterocycles. The van der Waals surface area contributed by atoms with E-state index in [0.717, 1.165) is 17.7 Å². The lowest BCUT2D eigenvalue weighted by atomic mass is 10.1. The number of anilines is 1. The van der Waals surface area contributed by atoms with Crippen LogP contribution in [0.3, 0.4) is 0 Å². The molecule has 0 fully saturated rings. The van der Waals surface area contributed by atoms with E-state index in [0.29, 0.717) is 0 Å². The summed E-state index contributed by atoms with van der Waals surface area (Å²) < 4.78 is 0. The van der Waals surface area contributed by atoms with E-state index in [9.17, 15) is 10.1 Å². The van der Waals surface area contributed by atoms with E-state index >= 15 is 0 Å². The van der Waals surface area contributed by atoms with Crippen molar-refractivity contribution in [1.29, 1.82) is 0 Å². The topological polar surface area (TPSA) is 81.2 Å². The van der Waals surface area contributed by atoms with E-state index in [2.05, 4.69) is 5.32 Å². The average Bonchev–Trinajstić information content (AvgIpc) is 2.23. The number of likely N-dealkylation sites (N-methyl/N-ethyl adjacent to an activating group) is 1. The second-order valence-electron chi connectivity index (χ2n) is 3.49. The van der Waals surface area contributed by atoms with Crippen LogP contribution in [-0.2, 0) is 0 Å². The Balaban J connectivity index is 3.09. The quantitative estimate of drug-likeness (QED) is 0.461. The Morgan fingerprint density at radius 3 is 2.81 bits per heavy atom. The number of nitro benzene ring substituents is 1. The van der Waals surface area contributed by atoms with Crippen LogP contribution in [0.25, 0.3) is 6.08 Å². The van der Waals surface area contributed by atoms with Gasteiger partial charge in [0, 0.05) is 12.6 Å². The summed E-state index contributed by atoms with van der Waals surface area (Å²) in [6, 6.07) is 3.31. The zero-order valence-corrected chi connectivity index (χ0v) is 9.36. The molecule has 0 heterocycles. The van der Waals surface area contributed by atoms with Crippen molar-refractivity contribution in [1.82, 2.24) is 5.32 Å². The van der Waals surface area contributed by atoms with Gasteiger partial charge in [0.1, 0.15) is 5.69 Å². The molecule has 0 radical (unpaired) electrons. The molecular weight excluding hydrogens is 206 g/mol. The Labute approximate surface area is 94.1 Å². The third-order valence-corrected chi connectivity index (χ3v) is 2.22. The molecule has 0 saturated heterocycles. The van der Waals surface area contributed by atoms with Crippen molar-refractivity contribution in [2.24, 2.45) is 0 Å². The molecule has 0 saturated carbocycles. The van der Waals surface area contributed by atoms with Gasteiger partial charge in [-0.25, -0.2) is 0 Å². The minimum absolute atomic E-state index is 0.0379. The molecule has 5 heteroatoms. The average molecular weight is 221 g/mol. The summed E-state index contributed by atoms with van der Waals surface area (Å²) in [4.78, 5) is 10.3. The fraction of sp³-hybridized carbons (Fsp3) is 0.273. The molecule has 5 nitrogen and oxygen atoms in total. The first-order chi connectivity index (χ1) is 7.56. The van der Waals surface area contributed by atoms with Crippen molar-refractivity contribution in [2.75, 3.05) is 19.3 Å². The number of nitro groups is 1. The fourth-order valence-corrected chi connectivity index (χ4v) is 1.37. The van der Waals surface area contributed by atoms with Crippen LogP contribution in [0.2, 0.25) is 0 Å². The first-order valence-corrected chi connectivity index (χ1v) is 4.92. The monoisotopic (exact) mass is 221 g/mol. The highest BCUT2D eigenvalue weighted by atomic mass is 16.6. The molecular formula is C11H15N3O2. The van der Waals surface area contributed by atoms with E-state index in [1.165, 1.54) is 6.07 Å². The van der Waals surface area contributed by atoms with Crippen LogP contribution in [0.5, 0.6) is 0 Å². The summed E-state index contributed by atoms with van der Waals surface area (Å²) in [5.74, 6) is 0. The Hall–Kier alpha value is -1.88. The highest BCUT2D eigenvalue weighted by molar-refractivity contribution is 5.68. The van der Waals surface area contributed by atoms with Crippen LogP contribution in [0, 0.1) is 17.0 Å². The highest BCUT2D eigenvalue weighted by Gasteiger charge is 2.13. The van der Waals surface area contributed by atoms with Crippen LogP contribution < -0.4 is 11.1 Å². The van der Waals surface area contributed by atoms with Crippen molar-refractivity contribution in [2.45, 2.75) is 6.92 Å². The number of hydrogen-bond acceptors (Lipinski definition) is 4. The van der Waals surface area contributed by atoms with Gasteiger partial charge in [-0.15, -0.1) is 0 Å². The number of nitrogens with one attached hydrogen (secondary N) is 1. The van der Waals surface area contributed by atoms with Gasteiger partial charge in [0.05, 0.1) is 4.92 Å². The van der Waals surface area contributed by atoms with Gasteiger partial charge in [-0.3, -0.25) is 10.1 Å². The summed E-state index contributed by atoms with van der Waals surface area (Å²) >= 11 is 0. The van der Waals surface area contributed by atoms with E-state index in [4.69, 9.17) is 5.73 Å². The Kier molecular flexibility index (Phi) is 4.02. The summed E-state index contributed by atoms with van der Waals surface area (Å²) in [6.07, 6.45) is 3.73. The largest absolute Gasteiger partial charge is 0.393 e. The maximum Gasteiger partial charge on any atom is 0.292 e. The van der Waals surface area contributed by atoms with Crippen molar-refractivity contribution in [3.63, 3.8) is 0 Å². The normalized spacial score (nSPS) is 10.9. The number of nitrogens with two attached hydrogens (primary N) is 1. The van der Waals surface area contributed by atoms with Gasteiger partial charge in [-0.1, -0.05) is 12.2 Å². The van der Waals surface area contributed by atoms with Gasteiger partial charge >= 0.3 is 0 Å². The summed E-state index contributed by atoms with van der Waals surface area (Å²) in [7, 11) is 1.83. The number of nitrogens with zero attached hydrogens (tertiary/aromatic N) is 1. The smallest absolute Gasteiger partial charge is 0.292 e. The number of rotatable bonds is 4. The zero-order chi connectivity index (χ0) is 12.1. The lowest BCUT2D eigenvalue weighted by Crippen LogP contribution is -2.03. The lowest BCUT2D eigenvalue weighted by Gasteiger charge is -2.03. The second kappa shape index (κ2) is 5.27. The minimum Gasteiger partial charge on any atom is -0.393 e. The van der Waals surface area contributed by atoms with Crippen LogP contribution in [0.15, 0.2) is 18.2 Å². The zero-order valence-electron chi connectivity index (χ0n) is 9.36. The fourth-order valence-electron chi connectivity index (χ4n) is 1.37. The predicted octanol–water partition coefficient (Wildman–Crippen LogP) is 1.72. The Morgan fingerprint density at radius 2 is 2.25 bits per heavy atom. The molecule has 0 spiro atoms. The minimum atomic E-state index is -0.461. The van der Waals surface area contributed by atoms with Gasteiger partial charge < -0.3 is 11.1 Å². The highest BCUT2D eigenvalue weighted by Crippen LogP contribution is 2.27. The van der Waals surface area contributed by atoms with E-state index in [1.807, 2.05) is 25.3 Å². The van der Waals surface area contributed by atoms with Crippen molar-refractivity contribution in [3.05, 3.63) is 39.4 Å². The first kappa shape index (κ1) is 12.2. The standard InChI is InChI=1S/C11H15N3O2/c1-8-6-9(4-3-5-13-2)7-10(11(8)12)14(15)16/h3-4,6-7,13H,5,12H2,1-2H3. The molecule has 0 bridgehead atoms. The summed E-state index contributed by atoms with van der Waals surface area (Å²) in [5.41, 5.74) is 7.33. The maximum atomic E-state index is 10.7. The van der Waals surface area contributed by atoms with Crippen LogP contribution in [-0.4, -0.2) is 18.5 Å². The molecule has 0 aliphatic carbocycles. The molecule has 3 N–H and O–H groups in total. The van der Waals surface area contributed by atoms with Gasteiger partial charge in [0.2, 0.25) is 0 Å². The molecule has 1 aromatic carbocycles. The predicted molar refractivity (Wildman–Crippen MR) is 65.2 cm³/mol.